The number of nitrogens with zero attached hydrogens (tertiary/aromatic N) is 3. The predicted molar refractivity (Wildman–Crippen MR) is 94.9 cm³/mol. The van der Waals surface area contributed by atoms with Crippen molar-refractivity contribution in [3.63, 3.8) is 0 Å². The second-order valence-electron chi connectivity index (χ2n) is 6.29. The molecule has 24 heavy (non-hydrogen) atoms. The molecule has 2 heterocycles. The van der Waals surface area contributed by atoms with E-state index in [9.17, 15) is 8.42 Å². The number of rotatable bonds is 6. The molecule has 1 aromatic heterocycles. The van der Waals surface area contributed by atoms with Gasteiger partial charge < -0.3 is 0 Å². The van der Waals surface area contributed by atoms with Crippen LogP contribution < -0.4 is 4.72 Å². The summed E-state index contributed by atoms with van der Waals surface area (Å²) in [7, 11) is -1.28. The van der Waals surface area contributed by atoms with Crippen LogP contribution in [0.15, 0.2) is 36.7 Å². The first kappa shape index (κ1) is 17.1. The summed E-state index contributed by atoms with van der Waals surface area (Å²) in [5, 5.41) is 3.91. The first-order valence-electron chi connectivity index (χ1n) is 8.26. The van der Waals surface area contributed by atoms with Crippen LogP contribution in [0.5, 0.6) is 0 Å². The topological polar surface area (TPSA) is 67.2 Å². The summed E-state index contributed by atoms with van der Waals surface area (Å²) in [5.41, 5.74) is 3.42. The summed E-state index contributed by atoms with van der Waals surface area (Å²) in [6, 6.07) is 8.36. The van der Waals surface area contributed by atoms with Gasteiger partial charge in [-0.25, -0.2) is 13.1 Å². The van der Waals surface area contributed by atoms with Gasteiger partial charge in [-0.2, -0.15) is 5.10 Å². The number of nitrogens with one attached hydrogen (secondary N) is 1. The van der Waals surface area contributed by atoms with Crippen LogP contribution in [0.25, 0.3) is 11.1 Å². The Kier molecular flexibility index (Phi) is 5.03. The van der Waals surface area contributed by atoms with E-state index in [4.69, 9.17) is 0 Å². The Balaban J connectivity index is 1.67. The van der Waals surface area contributed by atoms with Crippen molar-refractivity contribution in [2.75, 3.05) is 19.6 Å². The number of hydrogen-bond donors (Lipinski definition) is 1. The average Bonchev–Trinajstić information content (AvgIpc) is 3.17. The zero-order valence-electron chi connectivity index (χ0n) is 14.1. The maximum atomic E-state index is 12.1. The molecule has 1 aromatic carbocycles. The summed E-state index contributed by atoms with van der Waals surface area (Å²) in [4.78, 5) is 2.21. The van der Waals surface area contributed by atoms with Gasteiger partial charge in [-0.1, -0.05) is 25.1 Å². The largest absolute Gasteiger partial charge is 0.298 e. The van der Waals surface area contributed by atoms with Gasteiger partial charge in [-0.15, -0.1) is 0 Å². The van der Waals surface area contributed by atoms with Crippen LogP contribution in [0.2, 0.25) is 0 Å². The molecule has 0 amide bonds. The van der Waals surface area contributed by atoms with Gasteiger partial charge in [0.1, 0.15) is 0 Å². The highest BCUT2D eigenvalue weighted by Gasteiger charge is 2.32. The van der Waals surface area contributed by atoms with Gasteiger partial charge in [0.15, 0.2) is 0 Å². The number of aryl methyl sites for hydroxylation is 1. The lowest BCUT2D eigenvalue weighted by molar-refractivity contribution is 0.331. The Hall–Kier alpha value is -1.70. The zero-order chi connectivity index (χ0) is 17.2. The van der Waals surface area contributed by atoms with E-state index >= 15 is 0 Å². The lowest BCUT2D eigenvalue weighted by atomic mass is 10.1. The van der Waals surface area contributed by atoms with E-state index in [0.29, 0.717) is 19.5 Å². The van der Waals surface area contributed by atoms with Gasteiger partial charge in [0.25, 0.3) is 0 Å². The quantitative estimate of drug-likeness (QED) is 0.861. The summed E-state index contributed by atoms with van der Waals surface area (Å²) >= 11 is 0. The molecular formula is C17H24N4O2S. The molecule has 7 heteroatoms. The minimum Gasteiger partial charge on any atom is -0.298 e. The molecule has 3 rings (SSSR count). The molecule has 1 saturated heterocycles. The van der Waals surface area contributed by atoms with Crippen molar-refractivity contribution >= 4 is 10.0 Å². The van der Waals surface area contributed by atoms with Crippen LogP contribution in [-0.2, 0) is 23.6 Å². The highest BCUT2D eigenvalue weighted by atomic mass is 32.2. The van der Waals surface area contributed by atoms with Gasteiger partial charge in [0.05, 0.1) is 11.4 Å². The van der Waals surface area contributed by atoms with Crippen molar-refractivity contribution in [3.05, 3.63) is 42.2 Å². The highest BCUT2D eigenvalue weighted by molar-refractivity contribution is 7.90. The number of sulfonamides is 1. The molecule has 1 atom stereocenters. The fraction of sp³-hybridized carbons (Fsp3) is 0.471. The van der Waals surface area contributed by atoms with E-state index < -0.39 is 10.0 Å². The molecule has 1 fully saturated rings. The van der Waals surface area contributed by atoms with Gasteiger partial charge >= 0.3 is 0 Å². The fourth-order valence-corrected chi connectivity index (χ4v) is 4.65. The molecule has 1 N–H and O–H groups in total. The highest BCUT2D eigenvalue weighted by Crippen LogP contribution is 2.22. The molecule has 0 unspecified atom stereocenters. The van der Waals surface area contributed by atoms with Gasteiger partial charge in [0, 0.05) is 38.4 Å². The molecule has 130 valence electrons. The van der Waals surface area contributed by atoms with Crippen LogP contribution in [0, 0.1) is 0 Å². The molecule has 1 aliphatic heterocycles. The van der Waals surface area contributed by atoms with E-state index in [1.807, 2.05) is 32.4 Å². The third-order valence-electron chi connectivity index (χ3n) is 4.38. The van der Waals surface area contributed by atoms with Crippen LogP contribution >= 0.6 is 0 Å². The molecule has 0 radical (unpaired) electrons. The molecule has 2 aromatic rings. The molecule has 0 saturated carbocycles. The van der Waals surface area contributed by atoms with E-state index in [0.717, 1.165) is 24.2 Å². The molecule has 1 aliphatic rings. The van der Waals surface area contributed by atoms with E-state index in [-0.39, 0.29) is 5.25 Å². The van der Waals surface area contributed by atoms with Crippen molar-refractivity contribution in [2.45, 2.75) is 25.1 Å². The summed E-state index contributed by atoms with van der Waals surface area (Å²) in [6.45, 7) is 4.44. The van der Waals surface area contributed by atoms with Crippen LogP contribution in [0.3, 0.4) is 0 Å². The number of likely N-dealkylation sites (tertiary alicyclic amines) is 1. The summed E-state index contributed by atoms with van der Waals surface area (Å²) < 4.78 is 28.7. The molecule has 0 aliphatic carbocycles. The second-order valence-corrected chi connectivity index (χ2v) is 8.34. The van der Waals surface area contributed by atoms with Crippen LogP contribution in [0.1, 0.15) is 18.9 Å². The summed E-state index contributed by atoms with van der Waals surface area (Å²) in [5.74, 6) is 0. The minimum atomic E-state index is -3.19. The van der Waals surface area contributed by atoms with Crippen LogP contribution in [-0.4, -0.2) is 48.0 Å². The van der Waals surface area contributed by atoms with Gasteiger partial charge in [0.2, 0.25) is 10.0 Å². The standard InChI is InChI=1S/C17H24N4O2S/c1-3-19-24(22,23)17-7-8-21(13-17)11-14-5-4-6-15(9-14)16-10-18-20(2)12-16/h4-6,9-10,12,17,19H,3,7-8,11,13H2,1-2H3/t17-/m0/s1. The summed E-state index contributed by atoms with van der Waals surface area (Å²) in [6.07, 6.45) is 4.54. The Labute approximate surface area is 143 Å². The SMILES string of the molecule is CCNS(=O)(=O)[C@H]1CCN(Cc2cccc(-c3cnn(C)c3)c2)C1. The van der Waals surface area contributed by atoms with Crippen molar-refractivity contribution < 1.29 is 8.42 Å². The maximum absolute atomic E-state index is 12.1. The number of benzene rings is 1. The smallest absolute Gasteiger partial charge is 0.215 e. The first-order chi connectivity index (χ1) is 11.5. The first-order valence-corrected chi connectivity index (χ1v) is 9.81. The molecule has 6 nitrogen and oxygen atoms in total. The monoisotopic (exact) mass is 348 g/mol. The Morgan fingerprint density at radius 1 is 1.33 bits per heavy atom. The van der Waals surface area contributed by atoms with Crippen molar-refractivity contribution in [1.82, 2.24) is 19.4 Å². The zero-order valence-corrected chi connectivity index (χ0v) is 15.0. The minimum absolute atomic E-state index is 0.307. The Bertz CT molecular complexity index is 800. The molecule has 0 bridgehead atoms. The Morgan fingerprint density at radius 2 is 2.17 bits per heavy atom. The van der Waals surface area contributed by atoms with E-state index in [2.05, 4.69) is 32.9 Å². The number of hydrogen-bond acceptors (Lipinski definition) is 4. The second kappa shape index (κ2) is 7.04. The Morgan fingerprint density at radius 3 is 2.88 bits per heavy atom. The van der Waals surface area contributed by atoms with Crippen LogP contribution in [0.4, 0.5) is 0 Å². The lowest BCUT2D eigenvalue weighted by Gasteiger charge is -2.17. The van der Waals surface area contributed by atoms with Crippen molar-refractivity contribution in [2.24, 2.45) is 7.05 Å². The maximum Gasteiger partial charge on any atom is 0.215 e. The molecule has 0 spiro atoms. The van der Waals surface area contributed by atoms with E-state index in [1.165, 1.54) is 5.56 Å². The van der Waals surface area contributed by atoms with Gasteiger partial charge in [-0.05, 0) is 30.2 Å². The van der Waals surface area contributed by atoms with Gasteiger partial charge in [-0.3, -0.25) is 9.58 Å². The predicted octanol–water partition coefficient (Wildman–Crippen LogP) is 1.60. The number of aromatic nitrogens is 2. The fourth-order valence-electron chi connectivity index (χ4n) is 3.19. The third-order valence-corrected chi connectivity index (χ3v) is 6.34. The lowest BCUT2D eigenvalue weighted by Crippen LogP contribution is -2.36. The molecular weight excluding hydrogens is 324 g/mol. The average molecular weight is 348 g/mol. The van der Waals surface area contributed by atoms with E-state index in [1.54, 1.807) is 4.68 Å². The van der Waals surface area contributed by atoms with Crippen molar-refractivity contribution in [1.29, 1.82) is 0 Å². The van der Waals surface area contributed by atoms with Crippen molar-refractivity contribution in [3.8, 4) is 11.1 Å². The normalized spacial score (nSPS) is 19.0. The third kappa shape index (κ3) is 3.85.